The zero-order valence-corrected chi connectivity index (χ0v) is 13.8. The van der Waals surface area contributed by atoms with E-state index in [0.29, 0.717) is 6.04 Å². The van der Waals surface area contributed by atoms with Crippen LogP contribution in [0.2, 0.25) is 0 Å². The fraction of sp³-hybridized carbons (Fsp3) is 0.368. The fourth-order valence-electron chi connectivity index (χ4n) is 3.15. The van der Waals surface area contributed by atoms with Crippen molar-refractivity contribution in [3.8, 4) is 11.5 Å². The first kappa shape index (κ1) is 15.8. The van der Waals surface area contributed by atoms with E-state index in [1.807, 2.05) is 24.3 Å². The fourth-order valence-corrected chi connectivity index (χ4v) is 3.15. The molecule has 1 heterocycles. The summed E-state index contributed by atoms with van der Waals surface area (Å²) >= 11 is 0. The Morgan fingerprint density at radius 3 is 2.57 bits per heavy atom. The number of hydrogen-bond acceptors (Lipinski definition) is 4. The van der Waals surface area contributed by atoms with Crippen LogP contribution in [0.4, 0.5) is 0 Å². The molecule has 0 spiro atoms. The van der Waals surface area contributed by atoms with Gasteiger partial charge < -0.3 is 14.8 Å². The predicted molar refractivity (Wildman–Crippen MR) is 92.0 cm³/mol. The van der Waals surface area contributed by atoms with Gasteiger partial charge in [-0.2, -0.15) is 0 Å². The van der Waals surface area contributed by atoms with Crippen LogP contribution in [0.3, 0.4) is 0 Å². The summed E-state index contributed by atoms with van der Waals surface area (Å²) in [5.74, 6) is 1.86. The molecule has 0 bridgehead atoms. The molecule has 0 radical (unpaired) electrons. The van der Waals surface area contributed by atoms with Crippen LogP contribution in [0.5, 0.6) is 11.5 Å². The zero-order chi connectivity index (χ0) is 16.1. The molecular weight excluding hydrogens is 288 g/mol. The lowest BCUT2D eigenvalue weighted by molar-refractivity contribution is 0.151. The molecule has 1 unspecified atom stereocenters. The minimum atomic E-state index is 0.321. The lowest BCUT2D eigenvalue weighted by Gasteiger charge is -2.37. The summed E-state index contributed by atoms with van der Waals surface area (Å²) in [6.07, 6.45) is 0. The topological polar surface area (TPSA) is 33.7 Å². The van der Waals surface area contributed by atoms with Crippen LogP contribution in [0, 0.1) is 0 Å². The smallest absolute Gasteiger partial charge is 0.123 e. The maximum atomic E-state index is 5.56. The Kier molecular flexibility index (Phi) is 5.16. The predicted octanol–water partition coefficient (Wildman–Crippen LogP) is 2.85. The minimum Gasteiger partial charge on any atom is -0.497 e. The van der Waals surface area contributed by atoms with Gasteiger partial charge in [-0.1, -0.05) is 30.3 Å². The summed E-state index contributed by atoms with van der Waals surface area (Å²) in [7, 11) is 3.44. The lowest BCUT2D eigenvalue weighted by atomic mass is 10.0. The van der Waals surface area contributed by atoms with E-state index in [0.717, 1.165) is 37.7 Å². The third-order valence-corrected chi connectivity index (χ3v) is 4.40. The largest absolute Gasteiger partial charge is 0.497 e. The molecule has 1 aliphatic heterocycles. The molecule has 1 aliphatic rings. The normalized spacial score (nSPS) is 18.6. The van der Waals surface area contributed by atoms with Gasteiger partial charge in [-0.15, -0.1) is 0 Å². The van der Waals surface area contributed by atoms with Crippen LogP contribution in [-0.2, 0) is 6.54 Å². The third-order valence-electron chi connectivity index (χ3n) is 4.40. The van der Waals surface area contributed by atoms with Gasteiger partial charge in [0.15, 0.2) is 0 Å². The molecule has 2 aromatic rings. The molecular formula is C19H24N2O2. The maximum absolute atomic E-state index is 5.56. The van der Waals surface area contributed by atoms with E-state index in [-0.39, 0.29) is 0 Å². The van der Waals surface area contributed by atoms with Crippen LogP contribution in [0.25, 0.3) is 0 Å². The summed E-state index contributed by atoms with van der Waals surface area (Å²) < 4.78 is 10.8. The quantitative estimate of drug-likeness (QED) is 0.920. The molecule has 0 saturated carbocycles. The molecule has 3 rings (SSSR count). The second kappa shape index (κ2) is 7.49. The van der Waals surface area contributed by atoms with Crippen LogP contribution < -0.4 is 14.8 Å². The van der Waals surface area contributed by atoms with Gasteiger partial charge in [0.2, 0.25) is 0 Å². The average molecular weight is 312 g/mol. The molecule has 1 atom stereocenters. The highest BCUT2D eigenvalue weighted by atomic mass is 16.5. The highest BCUT2D eigenvalue weighted by molar-refractivity contribution is 5.36. The van der Waals surface area contributed by atoms with Gasteiger partial charge in [0.25, 0.3) is 0 Å². The Balaban J connectivity index is 1.80. The van der Waals surface area contributed by atoms with E-state index >= 15 is 0 Å². The van der Waals surface area contributed by atoms with E-state index < -0.39 is 0 Å². The highest BCUT2D eigenvalue weighted by Crippen LogP contribution is 2.31. The number of benzene rings is 2. The van der Waals surface area contributed by atoms with Crippen molar-refractivity contribution in [2.45, 2.75) is 12.6 Å². The van der Waals surface area contributed by atoms with Gasteiger partial charge in [-0.05, 0) is 23.8 Å². The number of ether oxygens (including phenoxy) is 2. The molecule has 1 saturated heterocycles. The Hall–Kier alpha value is -2.04. The zero-order valence-electron chi connectivity index (χ0n) is 13.8. The Bertz CT molecular complexity index is 628. The van der Waals surface area contributed by atoms with Crippen LogP contribution in [-0.4, -0.2) is 38.8 Å². The SMILES string of the molecule is COc1ccc(CN2CCNCC2c2ccccc2OC)cc1. The van der Waals surface area contributed by atoms with Crippen molar-refractivity contribution in [1.82, 2.24) is 10.2 Å². The second-order valence-corrected chi connectivity index (χ2v) is 5.78. The highest BCUT2D eigenvalue weighted by Gasteiger charge is 2.26. The van der Waals surface area contributed by atoms with Crippen molar-refractivity contribution in [2.24, 2.45) is 0 Å². The number of methoxy groups -OCH3 is 2. The first-order chi connectivity index (χ1) is 11.3. The molecule has 4 heteroatoms. The lowest BCUT2D eigenvalue weighted by Crippen LogP contribution is -2.45. The average Bonchev–Trinajstić information content (AvgIpc) is 2.63. The number of hydrogen-bond donors (Lipinski definition) is 1. The Labute approximate surface area is 138 Å². The third kappa shape index (κ3) is 3.66. The van der Waals surface area contributed by atoms with E-state index in [2.05, 4.69) is 34.5 Å². The standard InChI is InChI=1S/C19H24N2O2/c1-22-16-9-7-15(8-10-16)14-21-12-11-20-13-18(21)17-5-3-4-6-19(17)23-2/h3-10,18,20H,11-14H2,1-2H3. The molecule has 122 valence electrons. The number of piperazine rings is 1. The van der Waals surface area contributed by atoms with Crippen LogP contribution in [0.15, 0.2) is 48.5 Å². The monoisotopic (exact) mass is 312 g/mol. The van der Waals surface area contributed by atoms with Crippen LogP contribution in [0.1, 0.15) is 17.2 Å². The molecule has 1 fully saturated rings. The molecule has 4 nitrogen and oxygen atoms in total. The van der Waals surface area contributed by atoms with Gasteiger partial charge in [-0.3, -0.25) is 4.90 Å². The summed E-state index contributed by atoms with van der Waals surface area (Å²) in [5.41, 5.74) is 2.54. The van der Waals surface area contributed by atoms with Crippen molar-refractivity contribution in [1.29, 1.82) is 0 Å². The van der Waals surface area contributed by atoms with Gasteiger partial charge in [0.1, 0.15) is 11.5 Å². The summed E-state index contributed by atoms with van der Waals surface area (Å²) in [6, 6.07) is 16.9. The number of nitrogens with zero attached hydrogens (tertiary/aromatic N) is 1. The number of rotatable bonds is 5. The molecule has 0 amide bonds. The Morgan fingerprint density at radius 2 is 1.83 bits per heavy atom. The van der Waals surface area contributed by atoms with Crippen molar-refractivity contribution < 1.29 is 9.47 Å². The van der Waals surface area contributed by atoms with Crippen molar-refractivity contribution in [3.63, 3.8) is 0 Å². The Morgan fingerprint density at radius 1 is 1.04 bits per heavy atom. The van der Waals surface area contributed by atoms with E-state index in [1.54, 1.807) is 14.2 Å². The number of nitrogens with one attached hydrogen (secondary N) is 1. The first-order valence-corrected chi connectivity index (χ1v) is 8.02. The maximum Gasteiger partial charge on any atom is 0.123 e. The van der Waals surface area contributed by atoms with Crippen molar-refractivity contribution >= 4 is 0 Å². The van der Waals surface area contributed by atoms with Gasteiger partial charge in [-0.25, -0.2) is 0 Å². The van der Waals surface area contributed by atoms with E-state index in [9.17, 15) is 0 Å². The molecule has 0 aliphatic carbocycles. The van der Waals surface area contributed by atoms with E-state index in [4.69, 9.17) is 9.47 Å². The summed E-state index contributed by atoms with van der Waals surface area (Å²) in [4.78, 5) is 2.51. The molecule has 1 N–H and O–H groups in total. The minimum absolute atomic E-state index is 0.321. The summed E-state index contributed by atoms with van der Waals surface area (Å²) in [6.45, 7) is 3.90. The summed E-state index contributed by atoms with van der Waals surface area (Å²) in [5, 5.41) is 3.50. The molecule has 23 heavy (non-hydrogen) atoms. The second-order valence-electron chi connectivity index (χ2n) is 5.78. The van der Waals surface area contributed by atoms with Crippen molar-refractivity contribution in [3.05, 3.63) is 59.7 Å². The molecule has 2 aromatic carbocycles. The first-order valence-electron chi connectivity index (χ1n) is 8.02. The van der Waals surface area contributed by atoms with E-state index in [1.165, 1.54) is 11.1 Å². The van der Waals surface area contributed by atoms with Gasteiger partial charge in [0, 0.05) is 31.7 Å². The number of para-hydroxylation sites is 1. The van der Waals surface area contributed by atoms with Gasteiger partial charge in [0.05, 0.1) is 20.3 Å². The van der Waals surface area contributed by atoms with Gasteiger partial charge >= 0.3 is 0 Å². The van der Waals surface area contributed by atoms with Crippen LogP contribution >= 0.6 is 0 Å². The van der Waals surface area contributed by atoms with Crippen molar-refractivity contribution in [2.75, 3.05) is 33.9 Å². The molecule has 0 aromatic heterocycles.